The maximum absolute atomic E-state index is 14.7. The molecule has 6 nitrogen and oxygen atoms in total. The van der Waals surface area contributed by atoms with E-state index in [4.69, 9.17) is 27.9 Å². The first-order chi connectivity index (χ1) is 13.4. The molecule has 3 rings (SSSR count). The summed E-state index contributed by atoms with van der Waals surface area (Å²) in [6.45, 7) is 10.3. The summed E-state index contributed by atoms with van der Waals surface area (Å²) in [6, 6.07) is 1.30. The molecule has 1 aromatic heterocycles. The number of hydrogen-bond acceptors (Lipinski definition) is 5. The third-order valence-electron chi connectivity index (χ3n) is 4.60. The van der Waals surface area contributed by atoms with E-state index in [2.05, 4.69) is 25.9 Å². The maximum Gasteiger partial charge on any atom is 0.410 e. The Morgan fingerprint density at radius 1 is 1.24 bits per heavy atom. The van der Waals surface area contributed by atoms with E-state index >= 15 is 0 Å². The third kappa shape index (κ3) is 4.54. The molecule has 0 bridgehead atoms. The van der Waals surface area contributed by atoms with Crippen LogP contribution in [0, 0.1) is 5.82 Å². The topological polar surface area (TPSA) is 58.6 Å². The molecule has 1 amide bonds. The number of rotatable bonds is 1. The summed E-state index contributed by atoms with van der Waals surface area (Å²) >= 11 is 15.4. The monoisotopic (exact) mass is 506 g/mol. The van der Waals surface area contributed by atoms with Crippen LogP contribution in [0.15, 0.2) is 10.5 Å². The van der Waals surface area contributed by atoms with Gasteiger partial charge in [0.25, 0.3) is 0 Å². The molecule has 1 aliphatic rings. The number of hydrogen-bond donors (Lipinski definition) is 0. The highest BCUT2D eigenvalue weighted by Gasteiger charge is 2.36. The molecule has 0 radical (unpaired) electrons. The number of nitrogens with zero attached hydrogens (tertiary/aromatic N) is 4. The minimum atomic E-state index is -0.591. The van der Waals surface area contributed by atoms with Gasteiger partial charge in [-0.15, -0.1) is 0 Å². The molecule has 2 unspecified atom stereocenters. The van der Waals surface area contributed by atoms with Crippen molar-refractivity contribution in [2.75, 3.05) is 18.0 Å². The largest absolute Gasteiger partial charge is 0.444 e. The molecule has 1 aromatic carbocycles. The second-order valence-electron chi connectivity index (χ2n) is 8.19. The molecular weight excluding hydrogens is 486 g/mol. The molecule has 0 N–H and O–H groups in total. The highest BCUT2D eigenvalue weighted by Crippen LogP contribution is 2.36. The first-order valence-electron chi connectivity index (χ1n) is 9.16. The second kappa shape index (κ2) is 8.04. The Morgan fingerprint density at radius 3 is 2.38 bits per heavy atom. The van der Waals surface area contributed by atoms with Crippen molar-refractivity contribution in [3.05, 3.63) is 26.7 Å². The Labute approximate surface area is 187 Å². The number of benzene rings is 1. The van der Waals surface area contributed by atoms with Crippen LogP contribution in [0.1, 0.15) is 34.6 Å². The number of anilines is 1. The van der Waals surface area contributed by atoms with Crippen molar-refractivity contribution in [3.8, 4) is 0 Å². The van der Waals surface area contributed by atoms with E-state index in [-0.39, 0.29) is 38.5 Å². The summed E-state index contributed by atoms with van der Waals surface area (Å²) in [7, 11) is 0. The van der Waals surface area contributed by atoms with Gasteiger partial charge in [-0.25, -0.2) is 14.2 Å². The van der Waals surface area contributed by atoms with Crippen LogP contribution >= 0.6 is 39.1 Å². The van der Waals surface area contributed by atoms with E-state index in [1.165, 1.54) is 0 Å². The molecule has 10 heteroatoms. The number of carbonyl (C=O) groups excluding carboxylic acids is 1. The Balaban J connectivity index is 1.97. The minimum Gasteiger partial charge on any atom is -0.444 e. The number of fused-ring (bicyclic) bond motifs is 1. The molecule has 0 spiro atoms. The Morgan fingerprint density at radius 2 is 1.83 bits per heavy atom. The van der Waals surface area contributed by atoms with E-state index in [0.29, 0.717) is 24.3 Å². The highest BCUT2D eigenvalue weighted by atomic mass is 79.9. The average molecular weight is 508 g/mol. The predicted octanol–water partition coefficient (Wildman–Crippen LogP) is 5.67. The fraction of sp³-hybridized carbons (Fsp3) is 0.526. The second-order valence-corrected chi connectivity index (χ2v) is 9.73. The van der Waals surface area contributed by atoms with Crippen LogP contribution in [0.5, 0.6) is 0 Å². The van der Waals surface area contributed by atoms with E-state index in [1.807, 2.05) is 39.5 Å². The maximum atomic E-state index is 14.7. The summed E-state index contributed by atoms with van der Waals surface area (Å²) in [6.07, 6.45) is -0.360. The molecule has 1 aliphatic heterocycles. The summed E-state index contributed by atoms with van der Waals surface area (Å²) in [4.78, 5) is 24.7. The van der Waals surface area contributed by atoms with E-state index in [9.17, 15) is 9.18 Å². The molecule has 1 fully saturated rings. The molecule has 2 aromatic rings. The summed E-state index contributed by atoms with van der Waals surface area (Å²) < 4.78 is 20.4. The SMILES string of the molecule is CC1CN(c2nc(Cl)nc3c(F)c(Br)c(Cl)cc23)CC(C)N1C(=O)OC(C)(C)C. The van der Waals surface area contributed by atoms with Crippen LogP contribution in [0.25, 0.3) is 10.9 Å². The number of halogens is 4. The van der Waals surface area contributed by atoms with Crippen molar-refractivity contribution >= 4 is 61.9 Å². The van der Waals surface area contributed by atoms with Crippen LogP contribution in [-0.2, 0) is 4.74 Å². The van der Waals surface area contributed by atoms with Crippen molar-refractivity contribution in [3.63, 3.8) is 0 Å². The number of ether oxygens (including phenoxy) is 1. The van der Waals surface area contributed by atoms with Crippen molar-refractivity contribution in [1.82, 2.24) is 14.9 Å². The van der Waals surface area contributed by atoms with Gasteiger partial charge in [0.05, 0.1) is 21.6 Å². The minimum absolute atomic E-state index is 0.0597. The van der Waals surface area contributed by atoms with Crippen LogP contribution in [0.4, 0.5) is 15.0 Å². The molecule has 2 heterocycles. The van der Waals surface area contributed by atoms with E-state index < -0.39 is 11.4 Å². The Kier molecular flexibility index (Phi) is 6.18. The average Bonchev–Trinajstić information content (AvgIpc) is 2.58. The molecular formula is C19H22BrCl2FN4O2. The quantitative estimate of drug-likeness (QED) is 0.367. The Bertz CT molecular complexity index is 958. The number of carbonyl (C=O) groups is 1. The van der Waals surface area contributed by atoms with Gasteiger partial charge in [-0.05, 0) is 68.2 Å². The molecule has 0 saturated carbocycles. The van der Waals surface area contributed by atoms with Gasteiger partial charge in [-0.2, -0.15) is 4.98 Å². The zero-order chi connectivity index (χ0) is 21.7. The van der Waals surface area contributed by atoms with Crippen molar-refractivity contribution in [1.29, 1.82) is 0 Å². The predicted molar refractivity (Wildman–Crippen MR) is 116 cm³/mol. The number of aromatic nitrogens is 2. The number of amides is 1. The molecule has 158 valence electrons. The standard InChI is InChI=1S/C19H22BrCl2FN4O2/c1-9-7-26(8-10(2)27(9)18(28)29-19(3,4)5)16-11-6-12(21)13(20)14(23)15(11)24-17(22)25-16/h6,9-10H,7-8H2,1-5H3. The van der Waals surface area contributed by atoms with Crippen LogP contribution < -0.4 is 4.90 Å². The van der Waals surface area contributed by atoms with Gasteiger partial charge in [0.2, 0.25) is 5.28 Å². The van der Waals surface area contributed by atoms with Gasteiger partial charge in [-0.1, -0.05) is 11.6 Å². The van der Waals surface area contributed by atoms with Gasteiger partial charge in [0.15, 0.2) is 5.82 Å². The van der Waals surface area contributed by atoms with Gasteiger partial charge >= 0.3 is 6.09 Å². The van der Waals surface area contributed by atoms with Crippen molar-refractivity contribution in [2.45, 2.75) is 52.3 Å². The zero-order valence-electron chi connectivity index (χ0n) is 16.8. The van der Waals surface area contributed by atoms with Gasteiger partial charge < -0.3 is 9.64 Å². The van der Waals surface area contributed by atoms with Crippen molar-refractivity contribution < 1.29 is 13.9 Å². The van der Waals surface area contributed by atoms with Gasteiger partial charge in [0.1, 0.15) is 16.9 Å². The van der Waals surface area contributed by atoms with E-state index in [1.54, 1.807) is 11.0 Å². The lowest BCUT2D eigenvalue weighted by Gasteiger charge is -2.45. The zero-order valence-corrected chi connectivity index (χ0v) is 19.9. The van der Waals surface area contributed by atoms with Crippen LogP contribution in [0.3, 0.4) is 0 Å². The first-order valence-corrected chi connectivity index (χ1v) is 10.7. The molecule has 1 saturated heterocycles. The number of piperazine rings is 1. The van der Waals surface area contributed by atoms with Gasteiger partial charge in [0, 0.05) is 18.5 Å². The van der Waals surface area contributed by atoms with Crippen LogP contribution in [-0.4, -0.2) is 51.7 Å². The third-order valence-corrected chi connectivity index (χ3v) is 6.07. The van der Waals surface area contributed by atoms with E-state index in [0.717, 1.165) is 0 Å². The smallest absolute Gasteiger partial charge is 0.410 e. The lowest BCUT2D eigenvalue weighted by Crippen LogP contribution is -2.59. The fourth-order valence-corrected chi connectivity index (χ4v) is 4.20. The summed E-state index contributed by atoms with van der Waals surface area (Å²) in [5, 5.41) is 0.622. The highest BCUT2D eigenvalue weighted by molar-refractivity contribution is 9.10. The summed E-state index contributed by atoms with van der Waals surface area (Å²) in [5.41, 5.74) is -0.489. The molecule has 2 atom stereocenters. The Hall–Kier alpha value is -1.38. The van der Waals surface area contributed by atoms with Crippen molar-refractivity contribution in [2.24, 2.45) is 0 Å². The van der Waals surface area contributed by atoms with Crippen LogP contribution in [0.2, 0.25) is 10.3 Å². The fourth-order valence-electron chi connectivity index (χ4n) is 3.54. The normalized spacial score (nSPS) is 20.3. The summed E-state index contributed by atoms with van der Waals surface area (Å²) in [5.74, 6) is -0.109. The van der Waals surface area contributed by atoms with Gasteiger partial charge in [-0.3, -0.25) is 4.90 Å². The molecule has 0 aliphatic carbocycles. The first kappa shape index (κ1) is 22.3. The lowest BCUT2D eigenvalue weighted by molar-refractivity contribution is 0.00562. The lowest BCUT2D eigenvalue weighted by atomic mass is 10.1. The molecule has 29 heavy (non-hydrogen) atoms.